The molecule has 1 fully saturated rings. The van der Waals surface area contributed by atoms with E-state index < -0.39 is 0 Å². The third kappa shape index (κ3) is 4.62. The smallest absolute Gasteiger partial charge is 0.165 e. The van der Waals surface area contributed by atoms with Crippen LogP contribution in [-0.2, 0) is 6.54 Å². The second-order valence-electron chi connectivity index (χ2n) is 8.17. The van der Waals surface area contributed by atoms with E-state index in [-0.39, 0.29) is 0 Å². The third-order valence-electron chi connectivity index (χ3n) is 5.95. The zero-order valence-electron chi connectivity index (χ0n) is 18.3. The standard InChI is InChI=1S/C25H28N4O3/c1-30-21-15-23-22(31-12-13-32-23)14-19(21)17-29-11-5-6-18(16-29)20-7-4-9-25(27-20)28-24-8-2-3-10-26-24/h2-4,7-10,14-15,18H,5-6,11-13,16-17H2,1H3,(H,26,27,28)/t18-/m1/s1. The van der Waals surface area contributed by atoms with Gasteiger partial charge in [-0.15, -0.1) is 0 Å². The molecule has 3 aromatic rings. The van der Waals surface area contributed by atoms with Crippen molar-refractivity contribution < 1.29 is 14.2 Å². The molecule has 2 aromatic heterocycles. The van der Waals surface area contributed by atoms with E-state index in [2.05, 4.69) is 33.4 Å². The van der Waals surface area contributed by atoms with Gasteiger partial charge in [0, 0.05) is 42.5 Å². The lowest BCUT2D eigenvalue weighted by atomic mass is 9.94. The van der Waals surface area contributed by atoms with Crippen LogP contribution in [0.2, 0.25) is 0 Å². The van der Waals surface area contributed by atoms with Gasteiger partial charge in [-0.25, -0.2) is 9.97 Å². The maximum atomic E-state index is 5.78. The number of hydrogen-bond acceptors (Lipinski definition) is 7. The molecule has 5 rings (SSSR count). The summed E-state index contributed by atoms with van der Waals surface area (Å²) in [6.45, 7) is 3.98. The van der Waals surface area contributed by atoms with Gasteiger partial charge in [-0.05, 0) is 49.7 Å². The van der Waals surface area contributed by atoms with Gasteiger partial charge in [-0.2, -0.15) is 0 Å². The summed E-state index contributed by atoms with van der Waals surface area (Å²) in [6.07, 6.45) is 4.04. The van der Waals surface area contributed by atoms with Crippen LogP contribution >= 0.6 is 0 Å². The van der Waals surface area contributed by atoms with Crippen LogP contribution in [-0.4, -0.2) is 48.3 Å². The number of nitrogens with one attached hydrogen (secondary N) is 1. The van der Waals surface area contributed by atoms with Crippen LogP contribution in [0.25, 0.3) is 0 Å². The minimum absolute atomic E-state index is 0.387. The lowest BCUT2D eigenvalue weighted by Crippen LogP contribution is -2.34. The molecule has 32 heavy (non-hydrogen) atoms. The Labute approximate surface area is 188 Å². The van der Waals surface area contributed by atoms with Crippen LogP contribution in [0.1, 0.15) is 30.0 Å². The van der Waals surface area contributed by atoms with Gasteiger partial charge in [0.05, 0.1) is 7.11 Å². The molecule has 1 N–H and O–H groups in total. The van der Waals surface area contributed by atoms with E-state index in [9.17, 15) is 0 Å². The van der Waals surface area contributed by atoms with Crippen LogP contribution in [0.15, 0.2) is 54.7 Å². The number of pyridine rings is 2. The predicted octanol–water partition coefficient (Wildman–Crippen LogP) is 4.38. The molecule has 166 valence electrons. The van der Waals surface area contributed by atoms with Gasteiger partial charge in [0.2, 0.25) is 0 Å². The summed E-state index contributed by atoms with van der Waals surface area (Å²) in [5.74, 6) is 4.42. The third-order valence-corrected chi connectivity index (χ3v) is 5.95. The van der Waals surface area contributed by atoms with Crippen LogP contribution < -0.4 is 19.5 Å². The number of fused-ring (bicyclic) bond motifs is 1. The van der Waals surface area contributed by atoms with Crippen LogP contribution in [0, 0.1) is 0 Å². The molecule has 1 saturated heterocycles. The minimum Gasteiger partial charge on any atom is -0.496 e. The number of hydrogen-bond donors (Lipinski definition) is 1. The van der Waals surface area contributed by atoms with Gasteiger partial charge in [0.1, 0.15) is 30.6 Å². The zero-order valence-corrected chi connectivity index (χ0v) is 18.3. The topological polar surface area (TPSA) is 68.7 Å². The Morgan fingerprint density at radius 1 is 1.06 bits per heavy atom. The molecule has 0 unspecified atom stereocenters. The largest absolute Gasteiger partial charge is 0.496 e. The fraction of sp³-hybridized carbons (Fsp3) is 0.360. The second kappa shape index (κ2) is 9.44. The molecule has 4 heterocycles. The van der Waals surface area contributed by atoms with Crippen molar-refractivity contribution in [2.75, 3.05) is 38.7 Å². The molecule has 2 aliphatic heterocycles. The van der Waals surface area contributed by atoms with Crippen LogP contribution in [0.3, 0.4) is 0 Å². The summed E-state index contributed by atoms with van der Waals surface area (Å²) in [5, 5.41) is 3.30. The highest BCUT2D eigenvalue weighted by atomic mass is 16.6. The zero-order chi connectivity index (χ0) is 21.8. The maximum Gasteiger partial charge on any atom is 0.165 e. The Morgan fingerprint density at radius 2 is 1.91 bits per heavy atom. The van der Waals surface area contributed by atoms with E-state index in [1.165, 1.54) is 0 Å². The van der Waals surface area contributed by atoms with Crippen LogP contribution in [0.5, 0.6) is 17.2 Å². The van der Waals surface area contributed by atoms with Crippen molar-refractivity contribution in [3.05, 3.63) is 66.0 Å². The SMILES string of the molecule is COc1cc2c(cc1CN1CCC[C@@H](c3cccc(Nc4ccccn4)n3)C1)OCCO2. The Kier molecular flexibility index (Phi) is 6.07. The van der Waals surface area contributed by atoms with Gasteiger partial charge in [-0.3, -0.25) is 4.90 Å². The Morgan fingerprint density at radius 3 is 2.72 bits per heavy atom. The summed E-state index contributed by atoms with van der Waals surface area (Å²) in [6, 6.07) is 16.0. The van der Waals surface area contributed by atoms with Crippen molar-refractivity contribution in [2.45, 2.75) is 25.3 Å². The predicted molar refractivity (Wildman–Crippen MR) is 123 cm³/mol. The minimum atomic E-state index is 0.387. The number of likely N-dealkylation sites (tertiary alicyclic amines) is 1. The monoisotopic (exact) mass is 432 g/mol. The number of nitrogens with zero attached hydrogens (tertiary/aromatic N) is 3. The second-order valence-corrected chi connectivity index (χ2v) is 8.17. The fourth-order valence-electron chi connectivity index (χ4n) is 4.42. The molecule has 0 radical (unpaired) electrons. The number of aromatic nitrogens is 2. The number of piperidine rings is 1. The summed E-state index contributed by atoms with van der Waals surface area (Å²) < 4.78 is 17.1. The van der Waals surface area contributed by atoms with Gasteiger partial charge < -0.3 is 19.5 Å². The summed E-state index contributed by atoms with van der Waals surface area (Å²) in [5.41, 5.74) is 2.24. The van der Waals surface area contributed by atoms with E-state index in [0.29, 0.717) is 19.1 Å². The number of ether oxygens (including phenoxy) is 3. The summed E-state index contributed by atoms with van der Waals surface area (Å²) in [4.78, 5) is 11.7. The van der Waals surface area contributed by atoms with E-state index in [0.717, 1.165) is 72.6 Å². The normalized spacial score (nSPS) is 18.2. The van der Waals surface area contributed by atoms with Gasteiger partial charge in [-0.1, -0.05) is 12.1 Å². The van der Waals surface area contributed by atoms with E-state index in [1.54, 1.807) is 13.3 Å². The molecule has 0 aliphatic carbocycles. The van der Waals surface area contributed by atoms with Crippen LogP contribution in [0.4, 0.5) is 11.6 Å². The van der Waals surface area contributed by atoms with Crippen molar-refractivity contribution in [1.29, 1.82) is 0 Å². The Hall–Kier alpha value is -3.32. The molecule has 1 atom stereocenters. The highest BCUT2D eigenvalue weighted by Crippen LogP contribution is 2.38. The van der Waals surface area contributed by atoms with Gasteiger partial charge in [0.25, 0.3) is 0 Å². The molecule has 1 aromatic carbocycles. The first kappa shape index (κ1) is 20.6. The number of benzene rings is 1. The molecule has 7 nitrogen and oxygen atoms in total. The molecule has 2 aliphatic rings. The van der Waals surface area contributed by atoms with E-state index in [4.69, 9.17) is 19.2 Å². The highest BCUT2D eigenvalue weighted by Gasteiger charge is 2.25. The van der Waals surface area contributed by atoms with Crippen molar-refractivity contribution >= 4 is 11.6 Å². The average molecular weight is 433 g/mol. The highest BCUT2D eigenvalue weighted by molar-refractivity contribution is 5.52. The lowest BCUT2D eigenvalue weighted by molar-refractivity contribution is 0.168. The Balaban J connectivity index is 1.30. The van der Waals surface area contributed by atoms with Crippen molar-refractivity contribution in [3.8, 4) is 17.2 Å². The average Bonchev–Trinajstić information content (AvgIpc) is 2.84. The summed E-state index contributed by atoms with van der Waals surface area (Å²) in [7, 11) is 1.71. The quantitative estimate of drug-likeness (QED) is 0.620. The number of rotatable bonds is 6. The molecule has 0 saturated carbocycles. The first-order valence-electron chi connectivity index (χ1n) is 11.1. The molecular weight excluding hydrogens is 404 g/mol. The lowest BCUT2D eigenvalue weighted by Gasteiger charge is -2.33. The van der Waals surface area contributed by atoms with Gasteiger partial charge in [0.15, 0.2) is 11.5 Å². The first-order chi connectivity index (χ1) is 15.8. The van der Waals surface area contributed by atoms with Crippen molar-refractivity contribution in [3.63, 3.8) is 0 Å². The van der Waals surface area contributed by atoms with E-state index >= 15 is 0 Å². The van der Waals surface area contributed by atoms with E-state index in [1.807, 2.05) is 30.3 Å². The van der Waals surface area contributed by atoms with Crippen molar-refractivity contribution in [2.24, 2.45) is 0 Å². The number of anilines is 2. The molecule has 0 bridgehead atoms. The van der Waals surface area contributed by atoms with Crippen molar-refractivity contribution in [1.82, 2.24) is 14.9 Å². The first-order valence-corrected chi connectivity index (χ1v) is 11.1. The fourth-order valence-corrected chi connectivity index (χ4v) is 4.42. The molecule has 7 heteroatoms. The maximum absolute atomic E-state index is 5.78. The summed E-state index contributed by atoms with van der Waals surface area (Å²) >= 11 is 0. The molecule has 0 amide bonds. The molecular formula is C25H28N4O3. The molecule has 0 spiro atoms. The number of methoxy groups -OCH3 is 1. The Bertz CT molecular complexity index is 1060. The van der Waals surface area contributed by atoms with Gasteiger partial charge >= 0.3 is 0 Å².